The Morgan fingerprint density at radius 3 is 2.12 bits per heavy atom. The minimum Gasteiger partial charge on any atom is -0.239 e. The normalized spacial score (nSPS) is 27.7. The number of nitrogens with zero attached hydrogens (tertiary/aromatic N) is 1. The number of nitrogens with one attached hydrogen (secondary N) is 1. The van der Waals surface area contributed by atoms with Crippen LogP contribution in [0.5, 0.6) is 0 Å². The minimum absolute atomic E-state index is 0.0392. The molecule has 0 aliphatic carbocycles. The molecule has 80 valence electrons. The van der Waals surface area contributed by atoms with Crippen molar-refractivity contribution in [1.29, 1.82) is 0 Å². The van der Waals surface area contributed by atoms with Crippen LogP contribution in [0.1, 0.15) is 12.5 Å². The maximum absolute atomic E-state index is 3.54. The highest BCUT2D eigenvalue weighted by molar-refractivity contribution is 5.29. The molecule has 1 aromatic carbocycles. The third-order valence-corrected chi connectivity index (χ3v) is 3.32. The Morgan fingerprint density at radius 1 is 1.00 bits per heavy atom. The van der Waals surface area contributed by atoms with Crippen LogP contribution >= 0.6 is 0 Å². The summed E-state index contributed by atoms with van der Waals surface area (Å²) in [6.07, 6.45) is 4.23. The summed E-state index contributed by atoms with van der Waals surface area (Å²) in [5.74, 6) is 0. The Morgan fingerprint density at radius 2 is 1.56 bits per heavy atom. The molecule has 0 spiro atoms. The topological polar surface area (TPSA) is 25.8 Å². The Bertz CT molecular complexity index is 439. The molecule has 1 aliphatic heterocycles. The number of pyridine rings is 1. The van der Waals surface area contributed by atoms with Crippen molar-refractivity contribution < 1.29 is 4.57 Å². The van der Waals surface area contributed by atoms with Gasteiger partial charge < -0.3 is 0 Å². The average Bonchev–Trinajstić information content (AvgIpc) is 3.05. The number of hydrogen-bond donors (Lipinski definition) is 1. The van der Waals surface area contributed by atoms with Crippen molar-refractivity contribution in [2.75, 3.05) is 0 Å². The van der Waals surface area contributed by atoms with Crippen molar-refractivity contribution in [2.45, 2.75) is 18.6 Å². The van der Waals surface area contributed by atoms with Gasteiger partial charge in [-0.2, -0.15) is 4.57 Å². The van der Waals surface area contributed by atoms with Gasteiger partial charge in [-0.25, -0.2) is 5.32 Å². The SMILES string of the molecule is C[C@@H]1N[C@@]1(c1ccccc1)[n+]1ccccc1. The van der Waals surface area contributed by atoms with Gasteiger partial charge in [-0.05, 0) is 6.92 Å². The molecule has 1 N–H and O–H groups in total. The molecule has 0 unspecified atom stereocenters. The molecule has 0 saturated carbocycles. The van der Waals surface area contributed by atoms with Crippen LogP contribution in [0, 0.1) is 0 Å². The first-order valence-corrected chi connectivity index (χ1v) is 5.64. The number of aromatic nitrogens is 1. The van der Waals surface area contributed by atoms with Crippen LogP contribution in [0.25, 0.3) is 0 Å². The van der Waals surface area contributed by atoms with Crippen molar-refractivity contribution in [2.24, 2.45) is 0 Å². The van der Waals surface area contributed by atoms with E-state index in [1.54, 1.807) is 0 Å². The van der Waals surface area contributed by atoms with E-state index in [0.717, 1.165) is 0 Å². The first-order chi connectivity index (χ1) is 7.84. The van der Waals surface area contributed by atoms with E-state index in [2.05, 4.69) is 71.7 Å². The lowest BCUT2D eigenvalue weighted by atomic mass is 10.0. The van der Waals surface area contributed by atoms with Crippen LogP contribution in [-0.2, 0) is 5.66 Å². The molecule has 2 heteroatoms. The minimum atomic E-state index is -0.0392. The molecule has 2 heterocycles. The Hall–Kier alpha value is -1.67. The summed E-state index contributed by atoms with van der Waals surface area (Å²) in [5, 5.41) is 3.54. The molecule has 0 amide bonds. The van der Waals surface area contributed by atoms with Crippen LogP contribution in [0.15, 0.2) is 60.9 Å². The van der Waals surface area contributed by atoms with Gasteiger partial charge in [0.1, 0.15) is 0 Å². The number of benzene rings is 1. The van der Waals surface area contributed by atoms with E-state index >= 15 is 0 Å². The van der Waals surface area contributed by atoms with Crippen LogP contribution in [0.2, 0.25) is 0 Å². The highest BCUT2D eigenvalue weighted by atomic mass is 15.4. The summed E-state index contributed by atoms with van der Waals surface area (Å²) in [7, 11) is 0. The summed E-state index contributed by atoms with van der Waals surface area (Å²) in [6.45, 7) is 2.22. The third-order valence-electron chi connectivity index (χ3n) is 3.32. The molecule has 2 nitrogen and oxygen atoms in total. The van der Waals surface area contributed by atoms with Crippen molar-refractivity contribution in [3.63, 3.8) is 0 Å². The highest BCUT2D eigenvalue weighted by Crippen LogP contribution is 2.33. The van der Waals surface area contributed by atoms with Crippen molar-refractivity contribution in [1.82, 2.24) is 5.32 Å². The predicted molar refractivity (Wildman–Crippen MR) is 62.8 cm³/mol. The van der Waals surface area contributed by atoms with Crippen LogP contribution in [-0.4, -0.2) is 6.04 Å². The fourth-order valence-corrected chi connectivity index (χ4v) is 2.40. The summed E-state index contributed by atoms with van der Waals surface area (Å²) in [5.41, 5.74) is 1.28. The molecular weight excluding hydrogens is 196 g/mol. The third kappa shape index (κ3) is 1.27. The molecule has 1 saturated heterocycles. The molecular formula is C14H15N2+. The summed E-state index contributed by atoms with van der Waals surface area (Å²) in [6, 6.07) is 17.2. The second-order valence-corrected chi connectivity index (χ2v) is 4.28. The van der Waals surface area contributed by atoms with E-state index in [4.69, 9.17) is 0 Å². The average molecular weight is 211 g/mol. The first kappa shape index (κ1) is 9.55. The van der Waals surface area contributed by atoms with Gasteiger partial charge >= 0.3 is 0 Å². The van der Waals surface area contributed by atoms with Crippen LogP contribution < -0.4 is 9.88 Å². The molecule has 16 heavy (non-hydrogen) atoms. The lowest BCUT2D eigenvalue weighted by Gasteiger charge is -2.09. The second-order valence-electron chi connectivity index (χ2n) is 4.28. The van der Waals surface area contributed by atoms with E-state index < -0.39 is 0 Å². The van der Waals surface area contributed by atoms with E-state index in [9.17, 15) is 0 Å². The lowest BCUT2D eigenvalue weighted by Crippen LogP contribution is -2.50. The molecule has 1 aliphatic rings. The van der Waals surface area contributed by atoms with Gasteiger partial charge in [-0.15, -0.1) is 0 Å². The summed E-state index contributed by atoms with van der Waals surface area (Å²) < 4.78 is 2.24. The molecule has 1 aromatic heterocycles. The van der Waals surface area contributed by atoms with Crippen molar-refractivity contribution in [3.05, 3.63) is 66.5 Å². The van der Waals surface area contributed by atoms with Gasteiger partial charge in [0, 0.05) is 17.7 Å². The maximum Gasteiger partial charge on any atom is 0.263 e. The van der Waals surface area contributed by atoms with E-state index in [0.29, 0.717) is 6.04 Å². The van der Waals surface area contributed by atoms with Crippen LogP contribution in [0.4, 0.5) is 0 Å². The van der Waals surface area contributed by atoms with Gasteiger partial charge in [0.05, 0.1) is 6.04 Å². The monoisotopic (exact) mass is 211 g/mol. The van der Waals surface area contributed by atoms with Crippen molar-refractivity contribution in [3.8, 4) is 0 Å². The van der Waals surface area contributed by atoms with Crippen molar-refractivity contribution >= 4 is 0 Å². The van der Waals surface area contributed by atoms with E-state index in [1.807, 2.05) is 6.07 Å². The van der Waals surface area contributed by atoms with Crippen LogP contribution in [0.3, 0.4) is 0 Å². The van der Waals surface area contributed by atoms with Gasteiger partial charge in [-0.1, -0.05) is 36.4 Å². The first-order valence-electron chi connectivity index (χ1n) is 5.64. The zero-order valence-electron chi connectivity index (χ0n) is 9.30. The maximum atomic E-state index is 3.54. The zero-order valence-corrected chi connectivity index (χ0v) is 9.30. The van der Waals surface area contributed by atoms with Gasteiger partial charge in [0.25, 0.3) is 5.66 Å². The molecule has 0 radical (unpaired) electrons. The summed E-state index contributed by atoms with van der Waals surface area (Å²) in [4.78, 5) is 0. The van der Waals surface area contributed by atoms with Gasteiger partial charge in [0.15, 0.2) is 12.4 Å². The molecule has 3 rings (SSSR count). The smallest absolute Gasteiger partial charge is 0.239 e. The van der Waals surface area contributed by atoms with Gasteiger partial charge in [0.2, 0.25) is 0 Å². The molecule has 1 fully saturated rings. The molecule has 2 atom stereocenters. The van der Waals surface area contributed by atoms with Gasteiger partial charge in [-0.3, -0.25) is 0 Å². The van der Waals surface area contributed by atoms with E-state index in [-0.39, 0.29) is 5.66 Å². The summed E-state index contributed by atoms with van der Waals surface area (Å²) >= 11 is 0. The Kier molecular flexibility index (Phi) is 2.04. The second kappa shape index (κ2) is 3.42. The lowest BCUT2D eigenvalue weighted by molar-refractivity contribution is -0.732. The quantitative estimate of drug-likeness (QED) is 0.593. The fraction of sp³-hybridized carbons (Fsp3) is 0.214. The number of hydrogen-bond acceptors (Lipinski definition) is 1. The Balaban J connectivity index is 2.10. The largest absolute Gasteiger partial charge is 0.263 e. The Labute approximate surface area is 95.6 Å². The fourth-order valence-electron chi connectivity index (χ4n) is 2.40. The zero-order chi connectivity index (χ0) is 11.0. The highest BCUT2D eigenvalue weighted by Gasteiger charge is 2.61. The van der Waals surface area contributed by atoms with E-state index in [1.165, 1.54) is 5.56 Å². The molecule has 2 aromatic rings. The standard InChI is InChI=1S/C14H15N2/c1-12-14(15-12,13-8-4-2-5-9-13)16-10-6-3-7-11-16/h2-12,15H,1H3/q+1/t12-,14+/m0/s1. The predicted octanol–water partition coefficient (Wildman–Crippen LogP) is 1.67. The molecule has 0 bridgehead atoms. The number of rotatable bonds is 2.